The van der Waals surface area contributed by atoms with Gasteiger partial charge in [-0.2, -0.15) is 0 Å². The number of nitrogens with zero attached hydrogens (tertiary/aromatic N) is 2. The molecule has 2 aromatic rings. The Balaban J connectivity index is 2.69. The fraction of sp³-hybridized carbons (Fsp3) is 0.231. The molecular weight excluding hydrogens is 232 g/mol. The van der Waals surface area contributed by atoms with Crippen LogP contribution in [0.5, 0.6) is 5.75 Å². The number of carboxylic acid groups (broad SMARTS) is 1. The number of carboxylic acids is 1. The van der Waals surface area contributed by atoms with Crippen LogP contribution in [0.25, 0.3) is 11.3 Å². The molecule has 0 unspecified atom stereocenters. The van der Waals surface area contributed by atoms with Crippen LogP contribution in [0.2, 0.25) is 0 Å². The number of carbonyl (C=O) groups is 1. The van der Waals surface area contributed by atoms with Crippen LogP contribution in [0.15, 0.2) is 24.5 Å². The molecule has 0 bridgehead atoms. The highest BCUT2D eigenvalue weighted by molar-refractivity contribution is 5.94. The fourth-order valence-corrected chi connectivity index (χ4v) is 1.89. The van der Waals surface area contributed by atoms with Crippen molar-refractivity contribution in [2.75, 3.05) is 7.11 Å². The minimum Gasteiger partial charge on any atom is -0.496 e. The zero-order valence-corrected chi connectivity index (χ0v) is 10.5. The summed E-state index contributed by atoms with van der Waals surface area (Å²) >= 11 is 0. The van der Waals surface area contributed by atoms with Crippen LogP contribution < -0.4 is 4.74 Å². The number of methoxy groups -OCH3 is 1. The van der Waals surface area contributed by atoms with E-state index in [0.29, 0.717) is 17.0 Å². The van der Waals surface area contributed by atoms with Gasteiger partial charge in [-0.15, -0.1) is 0 Å². The number of ether oxygens (including phenoxy) is 1. The van der Waals surface area contributed by atoms with Crippen LogP contribution in [0.1, 0.15) is 16.1 Å². The number of aromatic nitrogens is 2. The maximum Gasteiger partial charge on any atom is 0.354 e. The van der Waals surface area contributed by atoms with Crippen LogP contribution in [0.3, 0.4) is 0 Å². The summed E-state index contributed by atoms with van der Waals surface area (Å²) in [5.41, 5.74) is 2.28. The summed E-state index contributed by atoms with van der Waals surface area (Å²) in [4.78, 5) is 15.4. The Bertz CT molecular complexity index is 602. The van der Waals surface area contributed by atoms with E-state index >= 15 is 0 Å². The van der Waals surface area contributed by atoms with Gasteiger partial charge in [0.1, 0.15) is 11.4 Å². The van der Waals surface area contributed by atoms with Crippen molar-refractivity contribution >= 4 is 5.97 Å². The first-order chi connectivity index (χ1) is 8.54. The molecular formula is C13H14N2O3. The molecule has 0 aliphatic heterocycles. The van der Waals surface area contributed by atoms with Gasteiger partial charge in [0.05, 0.1) is 13.4 Å². The van der Waals surface area contributed by atoms with Crippen molar-refractivity contribution in [3.8, 4) is 17.0 Å². The van der Waals surface area contributed by atoms with E-state index in [1.807, 2.05) is 25.1 Å². The van der Waals surface area contributed by atoms with Crippen molar-refractivity contribution in [2.45, 2.75) is 6.92 Å². The second kappa shape index (κ2) is 4.52. The first kappa shape index (κ1) is 12.2. The van der Waals surface area contributed by atoms with Crippen molar-refractivity contribution in [1.82, 2.24) is 9.55 Å². The van der Waals surface area contributed by atoms with Gasteiger partial charge >= 0.3 is 5.97 Å². The molecule has 0 aliphatic rings. The average molecular weight is 246 g/mol. The third kappa shape index (κ3) is 1.95. The SMILES string of the molecule is COc1ccc(C)cc1-c1ncn(C)c1C(=O)O. The summed E-state index contributed by atoms with van der Waals surface area (Å²) in [7, 11) is 3.21. The molecule has 0 atom stereocenters. The van der Waals surface area contributed by atoms with E-state index < -0.39 is 5.97 Å². The number of hydrogen-bond acceptors (Lipinski definition) is 3. The minimum absolute atomic E-state index is 0.152. The topological polar surface area (TPSA) is 64.4 Å². The standard InChI is InChI=1S/C13H14N2O3/c1-8-4-5-10(18-3)9(6-8)11-12(13(16)17)15(2)7-14-11/h4-7H,1-3H3,(H,16,17). The zero-order chi connectivity index (χ0) is 13.3. The smallest absolute Gasteiger partial charge is 0.354 e. The summed E-state index contributed by atoms with van der Waals surface area (Å²) in [6.45, 7) is 1.94. The summed E-state index contributed by atoms with van der Waals surface area (Å²) in [5, 5.41) is 9.23. The van der Waals surface area contributed by atoms with Crippen molar-refractivity contribution in [3.63, 3.8) is 0 Å². The van der Waals surface area contributed by atoms with Crippen molar-refractivity contribution < 1.29 is 14.6 Å². The third-order valence-corrected chi connectivity index (χ3v) is 2.75. The molecule has 1 aromatic carbocycles. The van der Waals surface area contributed by atoms with Crippen molar-refractivity contribution in [1.29, 1.82) is 0 Å². The van der Waals surface area contributed by atoms with Gasteiger partial charge in [0.15, 0.2) is 5.69 Å². The Kier molecular flexibility index (Phi) is 3.06. The molecule has 0 amide bonds. The molecule has 0 fully saturated rings. The molecule has 2 rings (SSSR count). The third-order valence-electron chi connectivity index (χ3n) is 2.75. The number of rotatable bonds is 3. The van der Waals surface area contributed by atoms with Gasteiger partial charge in [0.25, 0.3) is 0 Å². The summed E-state index contributed by atoms with van der Waals surface area (Å²) in [6, 6.07) is 5.59. The minimum atomic E-state index is -1.01. The van der Waals surface area contributed by atoms with Gasteiger partial charge in [0, 0.05) is 12.6 Å². The molecule has 5 heteroatoms. The maximum atomic E-state index is 11.3. The molecule has 0 saturated carbocycles. The van der Waals surface area contributed by atoms with E-state index in [-0.39, 0.29) is 5.69 Å². The highest BCUT2D eigenvalue weighted by Crippen LogP contribution is 2.31. The summed E-state index contributed by atoms with van der Waals surface area (Å²) < 4.78 is 6.74. The van der Waals surface area contributed by atoms with Gasteiger partial charge in [-0.25, -0.2) is 9.78 Å². The Morgan fingerprint density at radius 2 is 2.17 bits per heavy atom. The van der Waals surface area contributed by atoms with Crippen LogP contribution in [0, 0.1) is 6.92 Å². The number of benzene rings is 1. The number of hydrogen-bond donors (Lipinski definition) is 1. The number of aromatic carboxylic acids is 1. The van der Waals surface area contributed by atoms with Gasteiger partial charge in [-0.1, -0.05) is 11.6 Å². The lowest BCUT2D eigenvalue weighted by atomic mass is 10.1. The van der Waals surface area contributed by atoms with Crippen LogP contribution >= 0.6 is 0 Å². The molecule has 0 radical (unpaired) electrons. The summed E-state index contributed by atoms with van der Waals surface area (Å²) in [5.74, 6) is -0.393. The number of imidazole rings is 1. The fourth-order valence-electron chi connectivity index (χ4n) is 1.89. The van der Waals surface area contributed by atoms with E-state index in [4.69, 9.17) is 4.74 Å². The van der Waals surface area contributed by atoms with Gasteiger partial charge in [-0.05, 0) is 19.1 Å². The predicted octanol–water partition coefficient (Wildman–Crippen LogP) is 2.10. The lowest BCUT2D eigenvalue weighted by molar-refractivity contribution is 0.0687. The van der Waals surface area contributed by atoms with E-state index in [0.717, 1.165) is 5.56 Å². The van der Waals surface area contributed by atoms with Crippen LogP contribution in [0.4, 0.5) is 0 Å². The van der Waals surface area contributed by atoms with E-state index in [2.05, 4.69) is 4.98 Å². The molecule has 1 heterocycles. The number of aryl methyl sites for hydroxylation is 2. The quantitative estimate of drug-likeness (QED) is 0.900. The molecule has 18 heavy (non-hydrogen) atoms. The van der Waals surface area contributed by atoms with Crippen molar-refractivity contribution in [2.24, 2.45) is 7.05 Å². The molecule has 0 saturated heterocycles. The zero-order valence-electron chi connectivity index (χ0n) is 10.5. The van der Waals surface area contributed by atoms with Gasteiger partial charge in [0.2, 0.25) is 0 Å². The van der Waals surface area contributed by atoms with E-state index in [1.54, 1.807) is 14.2 Å². The van der Waals surface area contributed by atoms with Crippen LogP contribution in [-0.2, 0) is 7.05 Å². The first-order valence-electron chi connectivity index (χ1n) is 5.44. The highest BCUT2D eigenvalue weighted by atomic mass is 16.5. The van der Waals surface area contributed by atoms with E-state index in [9.17, 15) is 9.90 Å². The molecule has 0 aliphatic carbocycles. The Hall–Kier alpha value is -2.30. The van der Waals surface area contributed by atoms with Gasteiger partial charge < -0.3 is 14.4 Å². The monoisotopic (exact) mass is 246 g/mol. The lowest BCUT2D eigenvalue weighted by Crippen LogP contribution is -2.05. The Morgan fingerprint density at radius 1 is 1.44 bits per heavy atom. The van der Waals surface area contributed by atoms with E-state index in [1.165, 1.54) is 10.9 Å². The lowest BCUT2D eigenvalue weighted by Gasteiger charge is -2.08. The Morgan fingerprint density at radius 3 is 2.78 bits per heavy atom. The first-order valence-corrected chi connectivity index (χ1v) is 5.44. The summed E-state index contributed by atoms with van der Waals surface area (Å²) in [6.07, 6.45) is 1.49. The predicted molar refractivity (Wildman–Crippen MR) is 66.9 cm³/mol. The van der Waals surface area contributed by atoms with Crippen molar-refractivity contribution in [3.05, 3.63) is 35.8 Å². The van der Waals surface area contributed by atoms with Crippen LogP contribution in [-0.4, -0.2) is 27.7 Å². The molecule has 94 valence electrons. The average Bonchev–Trinajstić information content (AvgIpc) is 2.71. The molecule has 1 aromatic heterocycles. The highest BCUT2D eigenvalue weighted by Gasteiger charge is 2.20. The Labute approximate surface area is 105 Å². The maximum absolute atomic E-state index is 11.3. The van der Waals surface area contributed by atoms with Gasteiger partial charge in [-0.3, -0.25) is 0 Å². The molecule has 0 spiro atoms. The molecule has 5 nitrogen and oxygen atoms in total. The molecule has 1 N–H and O–H groups in total. The largest absolute Gasteiger partial charge is 0.496 e. The normalized spacial score (nSPS) is 10.4. The second-order valence-electron chi connectivity index (χ2n) is 4.06. The second-order valence-corrected chi connectivity index (χ2v) is 4.06.